The topological polar surface area (TPSA) is 54.5 Å². The summed E-state index contributed by atoms with van der Waals surface area (Å²) < 4.78 is 22.8. The van der Waals surface area contributed by atoms with Crippen LogP contribution < -0.4 is 0 Å². The summed E-state index contributed by atoms with van der Waals surface area (Å²) in [5, 5.41) is 0. The number of likely N-dealkylation sites (tertiary alicyclic amines) is 1. The fourth-order valence-electron chi connectivity index (χ4n) is 2.69. The van der Waals surface area contributed by atoms with Crippen LogP contribution in [0.4, 0.5) is 0 Å². The van der Waals surface area contributed by atoms with Crippen LogP contribution in [0.5, 0.6) is 0 Å². The number of hydrogen-bond acceptors (Lipinski definition) is 4. The van der Waals surface area contributed by atoms with Crippen molar-refractivity contribution in [2.24, 2.45) is 5.92 Å². The number of carbonyl (C=O) groups is 1. The molecule has 92 valence electrons. The molecule has 0 aliphatic carbocycles. The summed E-state index contributed by atoms with van der Waals surface area (Å²) in [6.45, 7) is 3.53. The van der Waals surface area contributed by atoms with Gasteiger partial charge in [-0.25, -0.2) is 8.42 Å². The molecular formula is C11H19NO3S. The van der Waals surface area contributed by atoms with Gasteiger partial charge >= 0.3 is 0 Å². The van der Waals surface area contributed by atoms with E-state index in [2.05, 4.69) is 4.90 Å². The van der Waals surface area contributed by atoms with Gasteiger partial charge in [-0.2, -0.15) is 0 Å². The van der Waals surface area contributed by atoms with Gasteiger partial charge in [0.25, 0.3) is 0 Å². The van der Waals surface area contributed by atoms with Crippen molar-refractivity contribution in [1.29, 1.82) is 0 Å². The Bertz CT molecular complexity index is 377. The van der Waals surface area contributed by atoms with Crippen molar-refractivity contribution in [3.8, 4) is 0 Å². The molecule has 0 saturated carbocycles. The van der Waals surface area contributed by atoms with Crippen molar-refractivity contribution in [1.82, 2.24) is 4.90 Å². The van der Waals surface area contributed by atoms with Gasteiger partial charge in [-0.3, -0.25) is 9.69 Å². The van der Waals surface area contributed by atoms with Crippen LogP contribution in [-0.4, -0.2) is 49.7 Å². The van der Waals surface area contributed by atoms with Gasteiger partial charge in [0.1, 0.15) is 5.78 Å². The fraction of sp³-hybridized carbons (Fsp3) is 0.909. The summed E-state index contributed by atoms with van der Waals surface area (Å²) >= 11 is 0. The van der Waals surface area contributed by atoms with Crippen LogP contribution in [-0.2, 0) is 14.6 Å². The average Bonchev–Trinajstić information content (AvgIpc) is 2.59. The standard InChI is InChI=1S/C11H19NO3S/c1-2-9-7-12(5-3-11(9)13)10-4-6-16(14,15)8-10/h9-10H,2-8H2,1H3. The molecule has 2 heterocycles. The minimum Gasteiger partial charge on any atom is -0.299 e. The Labute approximate surface area is 96.9 Å². The predicted molar refractivity (Wildman–Crippen MR) is 62.0 cm³/mol. The SMILES string of the molecule is CCC1CN(C2CCS(=O)(=O)C2)CCC1=O. The lowest BCUT2D eigenvalue weighted by molar-refractivity contribution is -0.126. The van der Waals surface area contributed by atoms with Crippen LogP contribution in [0.15, 0.2) is 0 Å². The molecule has 2 unspecified atom stereocenters. The molecule has 2 rings (SSSR count). The molecule has 2 saturated heterocycles. The van der Waals surface area contributed by atoms with Crippen molar-refractivity contribution in [3.05, 3.63) is 0 Å². The number of Topliss-reactive ketones (excluding diaryl/α,β-unsaturated/α-hetero) is 1. The molecule has 0 aromatic rings. The summed E-state index contributed by atoms with van der Waals surface area (Å²) in [4.78, 5) is 13.8. The lowest BCUT2D eigenvalue weighted by Crippen LogP contribution is -2.46. The van der Waals surface area contributed by atoms with Crippen molar-refractivity contribution < 1.29 is 13.2 Å². The van der Waals surface area contributed by atoms with Gasteiger partial charge in [0.2, 0.25) is 0 Å². The first-order valence-corrected chi connectivity index (χ1v) is 7.81. The van der Waals surface area contributed by atoms with Crippen LogP contribution in [0.2, 0.25) is 0 Å². The summed E-state index contributed by atoms with van der Waals surface area (Å²) in [6, 6.07) is 0.159. The maximum Gasteiger partial charge on any atom is 0.151 e. The molecule has 0 radical (unpaired) electrons. The van der Waals surface area contributed by atoms with Gasteiger partial charge in [0.05, 0.1) is 11.5 Å². The highest BCUT2D eigenvalue weighted by Gasteiger charge is 2.36. The molecule has 2 atom stereocenters. The number of nitrogens with zero attached hydrogens (tertiary/aromatic N) is 1. The Morgan fingerprint density at radius 2 is 2.19 bits per heavy atom. The lowest BCUT2D eigenvalue weighted by Gasteiger charge is -2.35. The molecule has 4 nitrogen and oxygen atoms in total. The van der Waals surface area contributed by atoms with E-state index in [1.54, 1.807) is 0 Å². The van der Waals surface area contributed by atoms with E-state index >= 15 is 0 Å². The molecule has 16 heavy (non-hydrogen) atoms. The average molecular weight is 245 g/mol. The Morgan fingerprint density at radius 3 is 2.75 bits per heavy atom. The number of hydrogen-bond donors (Lipinski definition) is 0. The van der Waals surface area contributed by atoms with Crippen LogP contribution in [0.3, 0.4) is 0 Å². The predicted octanol–water partition coefficient (Wildman–Crippen LogP) is 0.474. The van der Waals surface area contributed by atoms with Crippen molar-refractivity contribution in [2.75, 3.05) is 24.6 Å². The van der Waals surface area contributed by atoms with Gasteiger partial charge in [-0.1, -0.05) is 6.92 Å². The van der Waals surface area contributed by atoms with E-state index in [4.69, 9.17) is 0 Å². The number of ketones is 1. The lowest BCUT2D eigenvalue weighted by atomic mass is 9.93. The highest BCUT2D eigenvalue weighted by Crippen LogP contribution is 2.23. The third-order valence-corrected chi connectivity index (χ3v) is 5.52. The largest absolute Gasteiger partial charge is 0.299 e. The Hall–Kier alpha value is -0.420. The fourth-order valence-corrected chi connectivity index (χ4v) is 4.45. The van der Waals surface area contributed by atoms with E-state index in [1.807, 2.05) is 6.92 Å². The normalized spacial score (nSPS) is 35.4. The molecule has 2 aliphatic heterocycles. The zero-order chi connectivity index (χ0) is 11.8. The molecule has 0 N–H and O–H groups in total. The van der Waals surface area contributed by atoms with Crippen LogP contribution in [0, 0.1) is 5.92 Å². The summed E-state index contributed by atoms with van der Waals surface area (Å²) in [7, 11) is -2.81. The Kier molecular flexibility index (Phi) is 3.35. The van der Waals surface area contributed by atoms with Gasteiger partial charge in [0, 0.05) is 31.5 Å². The molecule has 2 aliphatic rings. The van der Waals surface area contributed by atoms with Crippen molar-refractivity contribution in [2.45, 2.75) is 32.2 Å². The molecule has 5 heteroatoms. The Balaban J connectivity index is 1.99. The zero-order valence-corrected chi connectivity index (χ0v) is 10.5. The van der Waals surface area contributed by atoms with E-state index in [1.165, 1.54) is 0 Å². The second-order valence-electron chi connectivity index (χ2n) is 4.87. The van der Waals surface area contributed by atoms with Crippen molar-refractivity contribution in [3.63, 3.8) is 0 Å². The number of rotatable bonds is 2. The first kappa shape index (κ1) is 12.0. The van der Waals surface area contributed by atoms with Gasteiger partial charge in [-0.15, -0.1) is 0 Å². The minimum atomic E-state index is -2.81. The van der Waals surface area contributed by atoms with E-state index in [-0.39, 0.29) is 17.7 Å². The number of piperidine rings is 1. The quantitative estimate of drug-likeness (QED) is 0.710. The Morgan fingerprint density at radius 1 is 1.44 bits per heavy atom. The monoisotopic (exact) mass is 245 g/mol. The molecule has 0 spiro atoms. The molecule has 0 aromatic carbocycles. The third kappa shape index (κ3) is 2.46. The van der Waals surface area contributed by atoms with Gasteiger partial charge in [-0.05, 0) is 12.8 Å². The van der Waals surface area contributed by atoms with Crippen LogP contribution in [0.1, 0.15) is 26.2 Å². The van der Waals surface area contributed by atoms with Gasteiger partial charge in [0.15, 0.2) is 9.84 Å². The van der Waals surface area contributed by atoms with E-state index < -0.39 is 9.84 Å². The minimum absolute atomic E-state index is 0.122. The van der Waals surface area contributed by atoms with E-state index in [9.17, 15) is 13.2 Å². The second-order valence-corrected chi connectivity index (χ2v) is 7.10. The van der Waals surface area contributed by atoms with Crippen LogP contribution >= 0.6 is 0 Å². The molecular weight excluding hydrogens is 226 g/mol. The maximum atomic E-state index is 11.6. The van der Waals surface area contributed by atoms with Crippen LogP contribution in [0.25, 0.3) is 0 Å². The second kappa shape index (κ2) is 4.45. The third-order valence-electron chi connectivity index (χ3n) is 3.77. The maximum absolute atomic E-state index is 11.6. The highest BCUT2D eigenvalue weighted by molar-refractivity contribution is 7.91. The molecule has 0 amide bonds. The van der Waals surface area contributed by atoms with E-state index in [0.717, 1.165) is 25.9 Å². The van der Waals surface area contributed by atoms with Gasteiger partial charge < -0.3 is 0 Å². The summed E-state index contributed by atoms with van der Waals surface area (Å²) in [5.74, 6) is 1.08. The van der Waals surface area contributed by atoms with E-state index in [0.29, 0.717) is 18.0 Å². The first-order chi connectivity index (χ1) is 7.52. The molecule has 0 aromatic heterocycles. The van der Waals surface area contributed by atoms with Crippen molar-refractivity contribution >= 4 is 15.6 Å². The highest BCUT2D eigenvalue weighted by atomic mass is 32.2. The first-order valence-electron chi connectivity index (χ1n) is 5.99. The summed E-state index contributed by atoms with van der Waals surface area (Å²) in [5.41, 5.74) is 0. The molecule has 0 bridgehead atoms. The summed E-state index contributed by atoms with van der Waals surface area (Å²) in [6.07, 6.45) is 2.21. The number of sulfone groups is 1. The molecule has 2 fully saturated rings. The smallest absolute Gasteiger partial charge is 0.151 e. The number of carbonyl (C=O) groups excluding carboxylic acids is 1. The zero-order valence-electron chi connectivity index (χ0n) is 9.68.